The number of fused-ring (bicyclic) bond motifs is 3. The first-order valence-electron chi connectivity index (χ1n) is 11.1. The molecule has 6 nitrogen and oxygen atoms in total. The average Bonchev–Trinajstić information content (AvgIpc) is 3.30. The van der Waals surface area contributed by atoms with Gasteiger partial charge in [-0.15, -0.1) is 5.10 Å². The van der Waals surface area contributed by atoms with Crippen LogP contribution >= 0.6 is 11.8 Å². The Hall–Kier alpha value is -3.71. The molecule has 0 radical (unpaired) electrons. The van der Waals surface area contributed by atoms with Crippen LogP contribution in [0.3, 0.4) is 0 Å². The van der Waals surface area contributed by atoms with E-state index in [0.29, 0.717) is 0 Å². The van der Waals surface area contributed by atoms with Crippen molar-refractivity contribution in [3.8, 4) is 11.5 Å². The number of ether oxygens (including phenoxy) is 2. The molecule has 0 fully saturated rings. The molecule has 2 aliphatic rings. The summed E-state index contributed by atoms with van der Waals surface area (Å²) in [6.07, 6.45) is 1.71. The number of para-hydroxylation sites is 1. The molecular weight excluding hydrogens is 444 g/mol. The normalized spacial score (nSPS) is 18.3. The molecule has 6 rings (SSSR count). The van der Waals surface area contributed by atoms with Gasteiger partial charge in [-0.1, -0.05) is 65.9 Å². The minimum atomic E-state index is -0.278. The van der Waals surface area contributed by atoms with Gasteiger partial charge in [0.15, 0.2) is 0 Å². The highest BCUT2D eigenvalue weighted by Crippen LogP contribution is 2.51. The minimum absolute atomic E-state index is 0.190. The zero-order valence-corrected chi connectivity index (χ0v) is 20.0. The Labute approximate surface area is 202 Å². The highest BCUT2D eigenvalue weighted by Gasteiger charge is 2.41. The molecule has 0 bridgehead atoms. The molecule has 0 aliphatic carbocycles. The van der Waals surface area contributed by atoms with E-state index in [0.717, 1.165) is 50.6 Å². The molecular formula is C27H24N4O2S. The molecule has 0 saturated heterocycles. The molecule has 3 heterocycles. The van der Waals surface area contributed by atoms with E-state index in [9.17, 15) is 0 Å². The molecule has 0 spiro atoms. The first-order chi connectivity index (χ1) is 16.7. The zero-order valence-electron chi connectivity index (χ0n) is 19.1. The van der Waals surface area contributed by atoms with Crippen molar-refractivity contribution in [3.05, 3.63) is 101 Å². The summed E-state index contributed by atoms with van der Waals surface area (Å²) < 4.78 is 14.1. The number of thioether (sulfide) groups is 1. The molecule has 0 amide bonds. The number of methoxy groups -OCH3 is 1. The molecule has 7 heteroatoms. The lowest BCUT2D eigenvalue weighted by atomic mass is 9.84. The van der Waals surface area contributed by atoms with Crippen LogP contribution in [-0.2, 0) is 0 Å². The number of nitrogens with zero attached hydrogens (tertiary/aromatic N) is 3. The maximum atomic E-state index is 6.70. The highest BCUT2D eigenvalue weighted by atomic mass is 32.2. The fraction of sp³-hybridized carbons (Fsp3) is 0.185. The van der Waals surface area contributed by atoms with Crippen LogP contribution in [0.1, 0.15) is 34.4 Å². The van der Waals surface area contributed by atoms with Gasteiger partial charge in [-0.3, -0.25) is 0 Å². The number of aryl methyl sites for hydroxylation is 1. The summed E-state index contributed by atoms with van der Waals surface area (Å²) in [6.45, 7) is 2.11. The Morgan fingerprint density at radius 3 is 2.59 bits per heavy atom. The third kappa shape index (κ3) is 3.35. The molecule has 2 atom stereocenters. The van der Waals surface area contributed by atoms with Crippen LogP contribution in [0.15, 0.2) is 83.5 Å². The van der Waals surface area contributed by atoms with E-state index < -0.39 is 0 Å². The largest absolute Gasteiger partial charge is 0.497 e. The number of hydrogen-bond acceptors (Lipinski definition) is 6. The molecule has 3 aromatic carbocycles. The summed E-state index contributed by atoms with van der Waals surface area (Å²) >= 11 is 1.53. The van der Waals surface area contributed by atoms with Gasteiger partial charge in [0, 0.05) is 11.1 Å². The summed E-state index contributed by atoms with van der Waals surface area (Å²) in [6, 6.07) is 24.7. The molecule has 1 N–H and O–H groups in total. The Morgan fingerprint density at radius 1 is 1.00 bits per heavy atom. The van der Waals surface area contributed by atoms with Crippen molar-refractivity contribution in [2.45, 2.75) is 24.2 Å². The van der Waals surface area contributed by atoms with Crippen LogP contribution in [0, 0.1) is 6.92 Å². The first-order valence-corrected chi connectivity index (χ1v) is 12.4. The van der Waals surface area contributed by atoms with Gasteiger partial charge in [0.25, 0.3) is 0 Å². The second kappa shape index (κ2) is 8.25. The van der Waals surface area contributed by atoms with Crippen LogP contribution in [0.25, 0.3) is 5.70 Å². The molecule has 4 aromatic rings. The summed E-state index contributed by atoms with van der Waals surface area (Å²) in [5, 5.41) is 9.17. The van der Waals surface area contributed by atoms with E-state index >= 15 is 0 Å². The first kappa shape index (κ1) is 20.9. The van der Waals surface area contributed by atoms with Gasteiger partial charge < -0.3 is 14.8 Å². The van der Waals surface area contributed by atoms with Gasteiger partial charge in [-0.05, 0) is 48.6 Å². The second-order valence-corrected chi connectivity index (χ2v) is 9.18. The molecule has 0 saturated carbocycles. The van der Waals surface area contributed by atoms with E-state index in [1.165, 1.54) is 17.3 Å². The van der Waals surface area contributed by atoms with E-state index in [4.69, 9.17) is 19.6 Å². The second-order valence-electron chi connectivity index (χ2n) is 8.41. The summed E-state index contributed by atoms with van der Waals surface area (Å²) in [5.74, 6) is 2.39. The maximum absolute atomic E-state index is 6.70. The predicted octanol–water partition coefficient (Wildman–Crippen LogP) is 5.88. The lowest BCUT2D eigenvalue weighted by Crippen LogP contribution is -2.32. The fourth-order valence-corrected chi connectivity index (χ4v) is 5.11. The zero-order chi connectivity index (χ0) is 23.2. The number of anilines is 1. The van der Waals surface area contributed by atoms with Gasteiger partial charge in [-0.25, -0.2) is 4.68 Å². The van der Waals surface area contributed by atoms with Crippen molar-refractivity contribution in [3.63, 3.8) is 0 Å². The number of aromatic nitrogens is 3. The maximum Gasteiger partial charge on any atom is 0.227 e. The Bertz CT molecular complexity index is 1410. The molecule has 34 heavy (non-hydrogen) atoms. The van der Waals surface area contributed by atoms with Gasteiger partial charge in [0.2, 0.25) is 11.1 Å². The highest BCUT2D eigenvalue weighted by molar-refractivity contribution is 7.98. The third-order valence-electron chi connectivity index (χ3n) is 6.32. The third-order valence-corrected chi connectivity index (χ3v) is 6.86. The van der Waals surface area contributed by atoms with Crippen LogP contribution in [0.5, 0.6) is 11.5 Å². The number of benzene rings is 3. The summed E-state index contributed by atoms with van der Waals surface area (Å²) in [5.41, 5.74) is 6.56. The van der Waals surface area contributed by atoms with Crippen LogP contribution in [0.4, 0.5) is 5.95 Å². The van der Waals surface area contributed by atoms with E-state index in [1.54, 1.807) is 7.11 Å². The smallest absolute Gasteiger partial charge is 0.227 e. The van der Waals surface area contributed by atoms with E-state index in [-0.39, 0.29) is 12.1 Å². The Morgan fingerprint density at radius 2 is 1.82 bits per heavy atom. The summed E-state index contributed by atoms with van der Waals surface area (Å²) in [7, 11) is 1.68. The SMILES string of the molecule is COc1ccc([C@H]2C3=C(Nc4nc(SC)nn42)c2ccccc2O[C@@H]3c2cccc(C)c2)cc1. The van der Waals surface area contributed by atoms with E-state index in [1.807, 2.05) is 41.3 Å². The van der Waals surface area contributed by atoms with Gasteiger partial charge in [0.1, 0.15) is 23.6 Å². The standard InChI is InChI=1S/C27H24N4O2S/c1-16-7-6-8-18(15-16)25-22-23(20-9-4-5-10-21(20)33-25)28-26-29-27(34-3)30-31(26)24(22)17-11-13-19(32-2)14-12-17/h4-15,24-25H,1-3H3,(H,28,29,30)/t24-,25+/m0/s1. The van der Waals surface area contributed by atoms with Crippen molar-refractivity contribution in [2.24, 2.45) is 0 Å². The minimum Gasteiger partial charge on any atom is -0.497 e. The average molecular weight is 469 g/mol. The number of hydrogen-bond donors (Lipinski definition) is 1. The van der Waals surface area contributed by atoms with Gasteiger partial charge in [0.05, 0.1) is 12.8 Å². The van der Waals surface area contributed by atoms with Crippen LogP contribution < -0.4 is 14.8 Å². The quantitative estimate of drug-likeness (QED) is 0.378. The van der Waals surface area contributed by atoms with Gasteiger partial charge >= 0.3 is 0 Å². The van der Waals surface area contributed by atoms with Crippen molar-refractivity contribution in [1.82, 2.24) is 14.8 Å². The number of rotatable bonds is 4. The van der Waals surface area contributed by atoms with Crippen molar-refractivity contribution in [1.29, 1.82) is 0 Å². The Balaban J connectivity index is 1.62. The lowest BCUT2D eigenvalue weighted by molar-refractivity contribution is 0.223. The Kier molecular flexibility index (Phi) is 5.07. The van der Waals surface area contributed by atoms with Crippen LogP contribution in [-0.4, -0.2) is 28.1 Å². The van der Waals surface area contributed by atoms with E-state index in [2.05, 4.69) is 54.7 Å². The molecule has 0 unspecified atom stereocenters. The molecule has 2 aliphatic heterocycles. The monoisotopic (exact) mass is 468 g/mol. The van der Waals surface area contributed by atoms with Gasteiger partial charge in [-0.2, -0.15) is 4.98 Å². The molecule has 170 valence electrons. The van der Waals surface area contributed by atoms with Crippen molar-refractivity contribution >= 4 is 23.4 Å². The van der Waals surface area contributed by atoms with Crippen molar-refractivity contribution in [2.75, 3.05) is 18.7 Å². The lowest BCUT2D eigenvalue weighted by Gasteiger charge is -2.39. The topological polar surface area (TPSA) is 61.2 Å². The summed E-state index contributed by atoms with van der Waals surface area (Å²) in [4.78, 5) is 4.76. The predicted molar refractivity (Wildman–Crippen MR) is 134 cm³/mol. The number of nitrogens with one attached hydrogen (secondary N) is 1. The fourth-order valence-electron chi connectivity index (χ4n) is 4.76. The van der Waals surface area contributed by atoms with Crippen molar-refractivity contribution < 1.29 is 9.47 Å². The molecule has 1 aromatic heterocycles. The van der Waals surface area contributed by atoms with Crippen LogP contribution in [0.2, 0.25) is 0 Å².